The molecule has 0 amide bonds. The minimum atomic E-state index is -0.0252. The van der Waals surface area contributed by atoms with Gasteiger partial charge in [-0.1, -0.05) is 6.92 Å². The van der Waals surface area contributed by atoms with Crippen molar-refractivity contribution in [1.82, 2.24) is 9.97 Å². The molecular weight excluding hydrogens is 260 g/mol. The molecule has 2 atom stereocenters. The summed E-state index contributed by atoms with van der Waals surface area (Å²) < 4.78 is 5.84. The summed E-state index contributed by atoms with van der Waals surface area (Å²) in [6.07, 6.45) is 1.19. The normalized spacial score (nSPS) is 24.5. The zero-order valence-corrected chi connectivity index (χ0v) is 11.4. The van der Waals surface area contributed by atoms with Gasteiger partial charge in [0, 0.05) is 23.0 Å². The number of H-pyrrole nitrogens is 1. The lowest BCUT2D eigenvalue weighted by Crippen LogP contribution is -2.14. The van der Waals surface area contributed by atoms with Crippen molar-refractivity contribution >= 4 is 11.8 Å². The third kappa shape index (κ3) is 1.84. The summed E-state index contributed by atoms with van der Waals surface area (Å²) in [5.41, 5.74) is 1.69. The second kappa shape index (κ2) is 4.00. The van der Waals surface area contributed by atoms with E-state index in [0.29, 0.717) is 23.4 Å². The molecule has 2 aromatic heterocycles. The van der Waals surface area contributed by atoms with Gasteiger partial charge in [0.2, 0.25) is 0 Å². The van der Waals surface area contributed by atoms with Crippen LogP contribution in [-0.4, -0.2) is 9.97 Å². The molecule has 1 fully saturated rings. The van der Waals surface area contributed by atoms with Crippen LogP contribution < -0.4 is 5.56 Å². The molecule has 2 aliphatic rings. The molecule has 0 saturated heterocycles. The molecule has 2 unspecified atom stereocenters. The number of fused-ring (bicyclic) bond motifs is 1. The van der Waals surface area contributed by atoms with Crippen LogP contribution in [0.3, 0.4) is 0 Å². The van der Waals surface area contributed by atoms with Crippen LogP contribution in [0.1, 0.15) is 36.3 Å². The first-order valence-electron chi connectivity index (χ1n) is 6.52. The Morgan fingerprint density at radius 1 is 1.42 bits per heavy atom. The smallest absolute Gasteiger partial charge is 0.255 e. The maximum atomic E-state index is 12.0. The van der Waals surface area contributed by atoms with E-state index < -0.39 is 0 Å². The summed E-state index contributed by atoms with van der Waals surface area (Å²) in [7, 11) is 0. The molecule has 0 bridgehead atoms. The van der Waals surface area contributed by atoms with Gasteiger partial charge >= 0.3 is 0 Å². The number of nitrogens with one attached hydrogen (secondary N) is 1. The third-order valence-corrected chi connectivity index (χ3v) is 4.89. The molecule has 4 rings (SSSR count). The van der Waals surface area contributed by atoms with Crippen molar-refractivity contribution < 1.29 is 4.42 Å². The van der Waals surface area contributed by atoms with E-state index in [1.807, 2.05) is 12.1 Å². The standard InChI is InChI=1S/C14H14N2O2S/c1-7-4-8(7)11-2-3-12(18-11)13-15-10-6-19-5-9(10)14(17)16-13/h2-3,7-8H,4-6H2,1H3,(H,15,16,17). The topological polar surface area (TPSA) is 58.9 Å². The van der Waals surface area contributed by atoms with Crippen molar-refractivity contribution in [3.05, 3.63) is 39.5 Å². The van der Waals surface area contributed by atoms with Crippen molar-refractivity contribution in [2.75, 3.05) is 0 Å². The van der Waals surface area contributed by atoms with E-state index in [0.717, 1.165) is 28.5 Å². The Kier molecular flexibility index (Phi) is 2.39. The van der Waals surface area contributed by atoms with Crippen molar-refractivity contribution in [2.45, 2.75) is 30.8 Å². The number of nitrogens with zero attached hydrogens (tertiary/aromatic N) is 1. The Morgan fingerprint density at radius 3 is 3.05 bits per heavy atom. The summed E-state index contributed by atoms with van der Waals surface area (Å²) in [5.74, 6) is 5.09. The Hall–Kier alpha value is -1.49. The SMILES string of the molecule is CC1CC1c1ccc(-c2nc3c(c(=O)[nH]2)CSC3)o1. The number of hydrogen-bond acceptors (Lipinski definition) is 4. The molecule has 4 nitrogen and oxygen atoms in total. The van der Waals surface area contributed by atoms with Gasteiger partial charge in [-0.15, -0.1) is 0 Å². The highest BCUT2D eigenvalue weighted by atomic mass is 32.2. The number of hydrogen-bond donors (Lipinski definition) is 1. The first-order chi connectivity index (χ1) is 9.22. The Bertz CT molecular complexity index is 704. The first kappa shape index (κ1) is 11.3. The first-order valence-corrected chi connectivity index (χ1v) is 7.68. The lowest BCUT2D eigenvalue weighted by Gasteiger charge is -2.00. The van der Waals surface area contributed by atoms with E-state index in [4.69, 9.17) is 4.42 Å². The van der Waals surface area contributed by atoms with Gasteiger partial charge in [-0.2, -0.15) is 11.8 Å². The predicted molar refractivity (Wildman–Crippen MR) is 74.1 cm³/mol. The van der Waals surface area contributed by atoms with Crippen LogP contribution in [0, 0.1) is 5.92 Å². The van der Waals surface area contributed by atoms with E-state index >= 15 is 0 Å². The number of rotatable bonds is 2. The van der Waals surface area contributed by atoms with Crippen LogP contribution in [0.5, 0.6) is 0 Å². The maximum absolute atomic E-state index is 12.0. The maximum Gasteiger partial charge on any atom is 0.255 e. The van der Waals surface area contributed by atoms with Crippen LogP contribution in [-0.2, 0) is 11.5 Å². The second-order valence-electron chi connectivity index (χ2n) is 5.35. The summed E-state index contributed by atoms with van der Waals surface area (Å²) in [6.45, 7) is 2.22. The second-order valence-corrected chi connectivity index (χ2v) is 6.34. The molecular formula is C14H14N2O2S. The minimum absolute atomic E-state index is 0.0252. The zero-order valence-electron chi connectivity index (χ0n) is 10.6. The summed E-state index contributed by atoms with van der Waals surface area (Å²) in [5, 5.41) is 0. The summed E-state index contributed by atoms with van der Waals surface area (Å²) in [6, 6.07) is 3.92. The van der Waals surface area contributed by atoms with E-state index in [-0.39, 0.29) is 5.56 Å². The fourth-order valence-electron chi connectivity index (χ4n) is 2.58. The molecule has 1 aliphatic heterocycles. The Labute approximate surface area is 114 Å². The van der Waals surface area contributed by atoms with Crippen molar-refractivity contribution in [1.29, 1.82) is 0 Å². The summed E-state index contributed by atoms with van der Waals surface area (Å²) in [4.78, 5) is 19.3. The van der Waals surface area contributed by atoms with Crippen LogP contribution in [0.4, 0.5) is 0 Å². The number of furan rings is 1. The highest BCUT2D eigenvalue weighted by Gasteiger charge is 2.36. The van der Waals surface area contributed by atoms with Crippen LogP contribution in [0.2, 0.25) is 0 Å². The van der Waals surface area contributed by atoms with E-state index in [2.05, 4.69) is 16.9 Å². The molecule has 0 aromatic carbocycles. The molecule has 1 N–H and O–H groups in total. The predicted octanol–water partition coefficient (Wildman–Crippen LogP) is 2.90. The number of thioether (sulfide) groups is 1. The van der Waals surface area contributed by atoms with Crippen molar-refractivity contribution in [3.63, 3.8) is 0 Å². The van der Waals surface area contributed by atoms with Gasteiger partial charge in [0.1, 0.15) is 5.76 Å². The lowest BCUT2D eigenvalue weighted by atomic mass is 10.2. The number of aromatic amines is 1. The van der Waals surface area contributed by atoms with E-state index in [1.165, 1.54) is 6.42 Å². The van der Waals surface area contributed by atoms with E-state index in [9.17, 15) is 4.79 Å². The van der Waals surface area contributed by atoms with E-state index in [1.54, 1.807) is 11.8 Å². The lowest BCUT2D eigenvalue weighted by molar-refractivity contribution is 0.514. The van der Waals surface area contributed by atoms with Gasteiger partial charge < -0.3 is 9.40 Å². The molecule has 0 radical (unpaired) electrons. The van der Waals surface area contributed by atoms with Gasteiger partial charge in [-0.3, -0.25) is 4.79 Å². The van der Waals surface area contributed by atoms with Crippen molar-refractivity contribution in [3.8, 4) is 11.6 Å². The van der Waals surface area contributed by atoms with Gasteiger partial charge in [0.25, 0.3) is 5.56 Å². The molecule has 3 heterocycles. The fraction of sp³-hybridized carbons (Fsp3) is 0.429. The monoisotopic (exact) mass is 274 g/mol. The quantitative estimate of drug-likeness (QED) is 0.914. The largest absolute Gasteiger partial charge is 0.458 e. The Morgan fingerprint density at radius 2 is 2.26 bits per heavy atom. The molecule has 98 valence electrons. The average molecular weight is 274 g/mol. The van der Waals surface area contributed by atoms with Crippen LogP contribution in [0.15, 0.2) is 21.3 Å². The fourth-order valence-corrected chi connectivity index (χ4v) is 3.61. The minimum Gasteiger partial charge on any atom is -0.458 e. The molecule has 5 heteroatoms. The molecule has 1 aliphatic carbocycles. The van der Waals surface area contributed by atoms with Gasteiger partial charge in [0.05, 0.1) is 5.69 Å². The molecule has 19 heavy (non-hydrogen) atoms. The number of aromatic nitrogens is 2. The highest BCUT2D eigenvalue weighted by molar-refractivity contribution is 7.98. The Balaban J connectivity index is 1.74. The summed E-state index contributed by atoms with van der Waals surface area (Å²) >= 11 is 1.73. The van der Waals surface area contributed by atoms with Gasteiger partial charge in [-0.05, 0) is 24.5 Å². The van der Waals surface area contributed by atoms with Crippen molar-refractivity contribution in [2.24, 2.45) is 5.92 Å². The van der Waals surface area contributed by atoms with Gasteiger partial charge in [0.15, 0.2) is 11.6 Å². The van der Waals surface area contributed by atoms with Crippen LogP contribution >= 0.6 is 11.8 Å². The third-order valence-electron chi connectivity index (χ3n) is 3.92. The van der Waals surface area contributed by atoms with Crippen LogP contribution in [0.25, 0.3) is 11.6 Å². The molecule has 1 saturated carbocycles. The highest BCUT2D eigenvalue weighted by Crippen LogP contribution is 2.47. The molecule has 0 spiro atoms. The van der Waals surface area contributed by atoms with Gasteiger partial charge in [-0.25, -0.2) is 4.98 Å². The zero-order chi connectivity index (χ0) is 13.0. The average Bonchev–Trinajstić information content (AvgIpc) is 2.88. The molecule has 2 aromatic rings.